The smallest absolute Gasteiger partial charge is 0.180 e. The van der Waals surface area contributed by atoms with Crippen LogP contribution in [0.4, 0.5) is 5.82 Å². The van der Waals surface area contributed by atoms with Crippen LogP contribution in [0.5, 0.6) is 11.5 Å². The fourth-order valence-corrected chi connectivity index (χ4v) is 2.65. The van der Waals surface area contributed by atoms with Gasteiger partial charge in [-0.15, -0.1) is 0 Å². The Morgan fingerprint density at radius 1 is 1.00 bits per heavy atom. The third-order valence-corrected chi connectivity index (χ3v) is 3.55. The molecule has 0 fully saturated rings. The second-order valence-corrected chi connectivity index (χ2v) is 5.03. The first-order chi connectivity index (χ1) is 10.6. The number of phenols is 2. The van der Waals surface area contributed by atoms with E-state index in [0.29, 0.717) is 22.7 Å². The van der Waals surface area contributed by atoms with Gasteiger partial charge in [0, 0.05) is 11.6 Å². The van der Waals surface area contributed by atoms with E-state index in [1.54, 1.807) is 18.3 Å². The predicted molar refractivity (Wildman–Crippen MR) is 83.7 cm³/mol. The number of hydrogen-bond donors (Lipinski definition) is 3. The van der Waals surface area contributed by atoms with Gasteiger partial charge in [0.15, 0.2) is 11.5 Å². The van der Waals surface area contributed by atoms with Crippen molar-refractivity contribution in [3.8, 4) is 22.8 Å². The number of rotatable bonds is 1. The Kier molecular flexibility index (Phi) is 2.47. The van der Waals surface area contributed by atoms with Crippen molar-refractivity contribution in [1.82, 2.24) is 14.4 Å². The molecule has 108 valence electrons. The number of aromatic hydroxyl groups is 2. The van der Waals surface area contributed by atoms with Crippen LogP contribution in [0.3, 0.4) is 0 Å². The Bertz CT molecular complexity index is 1000. The van der Waals surface area contributed by atoms with E-state index in [-0.39, 0.29) is 11.5 Å². The van der Waals surface area contributed by atoms with Crippen molar-refractivity contribution in [2.24, 2.45) is 0 Å². The molecule has 0 aliphatic heterocycles. The summed E-state index contributed by atoms with van der Waals surface area (Å²) in [5.74, 6) is 0.293. The monoisotopic (exact) mass is 292 g/mol. The maximum atomic E-state index is 9.71. The highest BCUT2D eigenvalue weighted by Crippen LogP contribution is 2.31. The van der Waals surface area contributed by atoms with Gasteiger partial charge in [0.25, 0.3) is 0 Å². The highest BCUT2D eigenvalue weighted by atomic mass is 16.3. The van der Waals surface area contributed by atoms with E-state index in [2.05, 4.69) is 9.97 Å². The van der Waals surface area contributed by atoms with Crippen molar-refractivity contribution in [1.29, 1.82) is 0 Å². The van der Waals surface area contributed by atoms with Gasteiger partial charge in [0.05, 0.1) is 22.9 Å². The minimum Gasteiger partial charge on any atom is -0.508 e. The van der Waals surface area contributed by atoms with Crippen molar-refractivity contribution in [3.63, 3.8) is 0 Å². The normalized spacial score (nSPS) is 11.3. The van der Waals surface area contributed by atoms with Gasteiger partial charge in [-0.05, 0) is 24.3 Å². The summed E-state index contributed by atoms with van der Waals surface area (Å²) in [7, 11) is 0. The Balaban J connectivity index is 2.15. The van der Waals surface area contributed by atoms with Crippen molar-refractivity contribution in [2.75, 3.05) is 5.73 Å². The molecule has 0 amide bonds. The van der Waals surface area contributed by atoms with Gasteiger partial charge in [-0.1, -0.05) is 12.1 Å². The number of nitrogen functional groups attached to an aromatic ring is 1. The molecule has 6 nitrogen and oxygen atoms in total. The van der Waals surface area contributed by atoms with E-state index < -0.39 is 0 Å². The third kappa shape index (κ3) is 1.74. The van der Waals surface area contributed by atoms with Gasteiger partial charge < -0.3 is 15.9 Å². The molecule has 0 atom stereocenters. The molecular weight excluding hydrogens is 280 g/mol. The largest absolute Gasteiger partial charge is 0.508 e. The molecular formula is C16H12N4O2. The Morgan fingerprint density at radius 2 is 1.73 bits per heavy atom. The summed E-state index contributed by atoms with van der Waals surface area (Å²) in [6.07, 6.45) is 1.65. The summed E-state index contributed by atoms with van der Waals surface area (Å²) in [6, 6.07) is 12.0. The molecule has 4 rings (SSSR count). The number of phenolic OH excluding ortho intramolecular Hbond substituents is 2. The fourth-order valence-electron chi connectivity index (χ4n) is 2.65. The number of anilines is 1. The van der Waals surface area contributed by atoms with Crippen molar-refractivity contribution >= 4 is 22.5 Å². The van der Waals surface area contributed by atoms with E-state index in [1.165, 1.54) is 6.07 Å². The minimum atomic E-state index is -0.0173. The molecule has 2 aromatic heterocycles. The summed E-state index contributed by atoms with van der Waals surface area (Å²) in [6.45, 7) is 0. The van der Waals surface area contributed by atoms with Crippen LogP contribution in [0, 0.1) is 0 Å². The second kappa shape index (κ2) is 4.36. The van der Waals surface area contributed by atoms with Crippen LogP contribution >= 0.6 is 0 Å². The molecule has 4 aromatic rings. The molecule has 6 heteroatoms. The topological polar surface area (TPSA) is 96.7 Å². The molecule has 2 aromatic carbocycles. The molecule has 0 aliphatic rings. The molecule has 0 unspecified atom stereocenters. The first-order valence-electron chi connectivity index (χ1n) is 6.68. The fraction of sp³-hybridized carbons (Fsp3) is 0. The van der Waals surface area contributed by atoms with Gasteiger partial charge in [0.1, 0.15) is 11.5 Å². The van der Waals surface area contributed by atoms with Gasteiger partial charge in [0.2, 0.25) is 0 Å². The van der Waals surface area contributed by atoms with Crippen LogP contribution in [0.2, 0.25) is 0 Å². The lowest BCUT2D eigenvalue weighted by Gasteiger charge is -2.08. The zero-order valence-electron chi connectivity index (χ0n) is 11.4. The van der Waals surface area contributed by atoms with Crippen molar-refractivity contribution < 1.29 is 10.2 Å². The first-order valence-corrected chi connectivity index (χ1v) is 6.68. The van der Waals surface area contributed by atoms with E-state index in [4.69, 9.17) is 5.73 Å². The molecule has 2 heterocycles. The van der Waals surface area contributed by atoms with Crippen molar-refractivity contribution in [3.05, 3.63) is 48.7 Å². The number of aromatic nitrogens is 3. The Hall–Kier alpha value is -3.28. The number of hydrogen-bond acceptors (Lipinski definition) is 5. The third-order valence-electron chi connectivity index (χ3n) is 3.55. The summed E-state index contributed by atoms with van der Waals surface area (Å²) < 4.78 is 1.87. The second-order valence-electron chi connectivity index (χ2n) is 5.03. The first kappa shape index (κ1) is 12.5. The molecule has 0 saturated heterocycles. The summed E-state index contributed by atoms with van der Waals surface area (Å²) >= 11 is 0. The van der Waals surface area contributed by atoms with Crippen LogP contribution < -0.4 is 5.73 Å². The van der Waals surface area contributed by atoms with E-state index >= 15 is 0 Å². The van der Waals surface area contributed by atoms with Gasteiger partial charge >= 0.3 is 0 Å². The number of para-hydroxylation sites is 2. The number of benzene rings is 2. The van der Waals surface area contributed by atoms with E-state index in [0.717, 1.165) is 11.0 Å². The Labute approximate surface area is 125 Å². The average Bonchev–Trinajstić information content (AvgIpc) is 2.92. The molecule has 22 heavy (non-hydrogen) atoms. The summed E-state index contributed by atoms with van der Waals surface area (Å²) in [5, 5.41) is 19.4. The van der Waals surface area contributed by atoms with Crippen LogP contribution in [-0.2, 0) is 0 Å². The standard InChI is InChI=1S/C16H12N4O2/c17-15-16-18-8-14(9-5-10(21)7-11(22)6-9)20(16)13-4-2-1-3-12(13)19-15/h1-8,21-22H,(H2,17,19). The molecule has 0 saturated carbocycles. The minimum absolute atomic E-state index is 0.0173. The van der Waals surface area contributed by atoms with Gasteiger partial charge in [-0.25, -0.2) is 9.97 Å². The number of imidazole rings is 1. The van der Waals surface area contributed by atoms with Gasteiger partial charge in [-0.3, -0.25) is 4.40 Å². The summed E-state index contributed by atoms with van der Waals surface area (Å²) in [5.41, 5.74) is 9.47. The zero-order chi connectivity index (χ0) is 15.3. The van der Waals surface area contributed by atoms with Crippen LogP contribution in [0.15, 0.2) is 48.7 Å². The molecule has 0 aliphatic carbocycles. The lowest BCUT2D eigenvalue weighted by Crippen LogP contribution is -1.99. The lowest BCUT2D eigenvalue weighted by molar-refractivity contribution is 0.451. The van der Waals surface area contributed by atoms with E-state index in [1.807, 2.05) is 28.7 Å². The van der Waals surface area contributed by atoms with Crippen LogP contribution in [0.1, 0.15) is 0 Å². The maximum absolute atomic E-state index is 9.71. The maximum Gasteiger partial charge on any atom is 0.180 e. The Morgan fingerprint density at radius 3 is 2.50 bits per heavy atom. The van der Waals surface area contributed by atoms with Crippen LogP contribution in [-0.4, -0.2) is 24.6 Å². The molecule has 4 N–H and O–H groups in total. The summed E-state index contributed by atoms with van der Waals surface area (Å²) in [4.78, 5) is 8.66. The highest BCUT2D eigenvalue weighted by molar-refractivity contribution is 5.85. The van der Waals surface area contributed by atoms with Gasteiger partial charge in [-0.2, -0.15) is 0 Å². The van der Waals surface area contributed by atoms with Crippen molar-refractivity contribution in [2.45, 2.75) is 0 Å². The number of fused-ring (bicyclic) bond motifs is 3. The van der Waals surface area contributed by atoms with E-state index in [9.17, 15) is 10.2 Å². The lowest BCUT2D eigenvalue weighted by atomic mass is 10.1. The average molecular weight is 292 g/mol. The number of nitrogens with zero attached hydrogens (tertiary/aromatic N) is 3. The quantitative estimate of drug-likeness (QED) is 0.501. The molecule has 0 radical (unpaired) electrons. The predicted octanol–water partition coefficient (Wildman–Crippen LogP) is 2.54. The SMILES string of the molecule is Nc1nc2ccccc2n2c(-c3cc(O)cc(O)c3)cnc12. The molecule has 0 spiro atoms. The van der Waals surface area contributed by atoms with Crippen LogP contribution in [0.25, 0.3) is 27.9 Å². The molecule has 0 bridgehead atoms. The zero-order valence-corrected chi connectivity index (χ0v) is 11.4. The number of nitrogens with two attached hydrogens (primary N) is 1. The highest BCUT2D eigenvalue weighted by Gasteiger charge is 2.14.